The van der Waals surface area contributed by atoms with Crippen molar-refractivity contribution in [3.63, 3.8) is 0 Å². The molecular formula is C19H19N3O. The lowest BCUT2D eigenvalue weighted by molar-refractivity contribution is -0.122. The first-order valence-electron chi connectivity index (χ1n) is 7.84. The first-order chi connectivity index (χ1) is 11.3. The minimum absolute atomic E-state index is 0.000184. The Morgan fingerprint density at radius 3 is 2.43 bits per heavy atom. The van der Waals surface area contributed by atoms with Gasteiger partial charge in [0.2, 0.25) is 5.91 Å². The lowest BCUT2D eigenvalue weighted by Gasteiger charge is -2.20. The maximum atomic E-state index is 12.6. The van der Waals surface area contributed by atoms with E-state index in [4.69, 9.17) is 5.26 Å². The fourth-order valence-electron chi connectivity index (χ4n) is 2.43. The molecule has 1 unspecified atom stereocenters. The fraction of sp³-hybridized carbons (Fsp3) is 0.263. The summed E-state index contributed by atoms with van der Waals surface area (Å²) in [5.41, 5.74) is 2.77. The third-order valence-electron chi connectivity index (χ3n) is 3.87. The smallest absolute Gasteiger partial charge is 0.247 e. The molecule has 4 nitrogen and oxygen atoms in total. The molecule has 4 heteroatoms. The predicted molar refractivity (Wildman–Crippen MR) is 89.7 cm³/mol. The van der Waals surface area contributed by atoms with Crippen molar-refractivity contribution in [2.24, 2.45) is 0 Å². The molecule has 2 aromatic carbocycles. The van der Waals surface area contributed by atoms with Gasteiger partial charge in [-0.05, 0) is 36.1 Å². The monoisotopic (exact) mass is 305 g/mol. The number of benzene rings is 2. The third-order valence-corrected chi connectivity index (χ3v) is 3.87. The van der Waals surface area contributed by atoms with E-state index in [0.29, 0.717) is 12.5 Å². The minimum atomic E-state index is -0.418. The number of nitrogens with zero attached hydrogens (tertiary/aromatic N) is 1. The molecule has 23 heavy (non-hydrogen) atoms. The molecule has 0 heterocycles. The molecule has 0 aliphatic heterocycles. The van der Waals surface area contributed by atoms with Crippen molar-refractivity contribution in [3.8, 4) is 6.07 Å². The normalized spacial score (nSPS) is 14.6. The number of carbonyl (C=O) groups is 1. The molecule has 1 amide bonds. The molecule has 1 saturated carbocycles. The highest BCUT2D eigenvalue weighted by Crippen LogP contribution is 2.24. The number of nitrogens with one attached hydrogen (secondary N) is 2. The van der Waals surface area contributed by atoms with Crippen LogP contribution in [0.3, 0.4) is 0 Å². The Balaban J connectivity index is 1.77. The molecule has 3 rings (SSSR count). The van der Waals surface area contributed by atoms with Gasteiger partial charge in [0.15, 0.2) is 0 Å². The van der Waals surface area contributed by atoms with E-state index < -0.39 is 6.04 Å². The Morgan fingerprint density at radius 2 is 1.83 bits per heavy atom. The van der Waals surface area contributed by atoms with Crippen LogP contribution < -0.4 is 10.6 Å². The molecule has 0 bridgehead atoms. The van der Waals surface area contributed by atoms with E-state index in [1.54, 1.807) is 0 Å². The molecule has 0 radical (unpaired) electrons. The Bertz CT molecular complexity index is 700. The largest absolute Gasteiger partial charge is 0.370 e. The summed E-state index contributed by atoms with van der Waals surface area (Å²) in [6, 6.07) is 19.4. The molecule has 1 aliphatic carbocycles. The average Bonchev–Trinajstić information content (AvgIpc) is 3.39. The topological polar surface area (TPSA) is 64.9 Å². The summed E-state index contributed by atoms with van der Waals surface area (Å²) in [6.45, 7) is 0. The van der Waals surface area contributed by atoms with Gasteiger partial charge in [-0.25, -0.2) is 0 Å². The van der Waals surface area contributed by atoms with E-state index in [1.165, 1.54) is 0 Å². The lowest BCUT2D eigenvalue weighted by Crippen LogP contribution is -2.34. The van der Waals surface area contributed by atoms with E-state index in [-0.39, 0.29) is 5.91 Å². The van der Waals surface area contributed by atoms with E-state index in [0.717, 1.165) is 29.7 Å². The molecule has 116 valence electrons. The number of anilines is 1. The van der Waals surface area contributed by atoms with Crippen LogP contribution in [0.2, 0.25) is 0 Å². The van der Waals surface area contributed by atoms with Gasteiger partial charge in [-0.1, -0.05) is 42.5 Å². The van der Waals surface area contributed by atoms with Gasteiger partial charge in [-0.15, -0.1) is 0 Å². The second-order valence-electron chi connectivity index (χ2n) is 5.80. The quantitative estimate of drug-likeness (QED) is 0.861. The van der Waals surface area contributed by atoms with Gasteiger partial charge in [0.05, 0.1) is 12.5 Å². The van der Waals surface area contributed by atoms with Crippen LogP contribution in [0.25, 0.3) is 0 Å². The minimum Gasteiger partial charge on any atom is -0.370 e. The zero-order valence-electron chi connectivity index (χ0n) is 12.8. The Morgan fingerprint density at radius 1 is 1.13 bits per heavy atom. The third kappa shape index (κ3) is 4.10. The van der Waals surface area contributed by atoms with Gasteiger partial charge in [0.1, 0.15) is 6.04 Å². The summed E-state index contributed by atoms with van der Waals surface area (Å²) in [5, 5.41) is 15.1. The number of hydrogen-bond donors (Lipinski definition) is 2. The summed E-state index contributed by atoms with van der Waals surface area (Å²) in [7, 11) is 0. The van der Waals surface area contributed by atoms with Crippen LogP contribution >= 0.6 is 0 Å². The van der Waals surface area contributed by atoms with Gasteiger partial charge in [0, 0.05) is 11.7 Å². The van der Waals surface area contributed by atoms with Crippen LogP contribution in [0, 0.1) is 11.3 Å². The van der Waals surface area contributed by atoms with Gasteiger partial charge in [-0.2, -0.15) is 5.26 Å². The van der Waals surface area contributed by atoms with Gasteiger partial charge >= 0.3 is 0 Å². The average molecular weight is 305 g/mol. The molecule has 1 atom stereocenters. The van der Waals surface area contributed by atoms with Crippen LogP contribution in [-0.2, 0) is 11.2 Å². The highest BCUT2D eigenvalue weighted by molar-refractivity contribution is 5.86. The molecule has 0 aromatic heterocycles. The van der Waals surface area contributed by atoms with E-state index in [9.17, 15) is 4.79 Å². The van der Waals surface area contributed by atoms with Crippen LogP contribution in [0.15, 0.2) is 54.6 Å². The van der Waals surface area contributed by atoms with Crippen molar-refractivity contribution in [3.05, 3.63) is 65.7 Å². The van der Waals surface area contributed by atoms with Crippen molar-refractivity contribution in [1.82, 2.24) is 5.32 Å². The summed E-state index contributed by atoms with van der Waals surface area (Å²) in [6.07, 6.45) is 2.52. The summed E-state index contributed by atoms with van der Waals surface area (Å²) in [4.78, 5) is 12.6. The Kier molecular flexibility index (Phi) is 4.58. The second kappa shape index (κ2) is 6.97. The van der Waals surface area contributed by atoms with Crippen molar-refractivity contribution in [1.29, 1.82) is 5.26 Å². The van der Waals surface area contributed by atoms with Crippen LogP contribution in [-0.4, -0.2) is 11.9 Å². The Labute approximate surface area is 136 Å². The zero-order chi connectivity index (χ0) is 16.1. The molecule has 0 saturated heterocycles. The highest BCUT2D eigenvalue weighted by Gasteiger charge is 2.28. The number of hydrogen-bond acceptors (Lipinski definition) is 3. The number of nitriles is 1. The van der Waals surface area contributed by atoms with Crippen molar-refractivity contribution in [2.45, 2.75) is 31.3 Å². The maximum Gasteiger partial charge on any atom is 0.247 e. The van der Waals surface area contributed by atoms with Crippen molar-refractivity contribution >= 4 is 11.6 Å². The number of amides is 1. The predicted octanol–water partition coefficient (Wildman–Crippen LogP) is 3.18. The van der Waals surface area contributed by atoms with E-state index in [2.05, 4.69) is 16.7 Å². The fourth-order valence-corrected chi connectivity index (χ4v) is 2.43. The zero-order valence-corrected chi connectivity index (χ0v) is 12.8. The van der Waals surface area contributed by atoms with Crippen molar-refractivity contribution < 1.29 is 4.79 Å². The molecule has 2 N–H and O–H groups in total. The van der Waals surface area contributed by atoms with E-state index >= 15 is 0 Å². The van der Waals surface area contributed by atoms with E-state index in [1.807, 2.05) is 54.6 Å². The standard InChI is InChI=1S/C19H19N3O/c20-13-12-14-6-8-16(9-7-14)21-18(15-4-2-1-3-5-15)19(23)22-17-10-11-17/h1-9,17-18,21H,10-12H2,(H,22,23). The molecular weight excluding hydrogens is 286 g/mol. The van der Waals surface area contributed by atoms with Gasteiger partial charge in [-0.3, -0.25) is 4.79 Å². The second-order valence-corrected chi connectivity index (χ2v) is 5.80. The molecule has 0 spiro atoms. The van der Waals surface area contributed by atoms with Gasteiger partial charge in [0.25, 0.3) is 0 Å². The maximum absolute atomic E-state index is 12.6. The van der Waals surface area contributed by atoms with Crippen LogP contribution in [0.1, 0.15) is 30.0 Å². The molecule has 1 fully saturated rings. The molecule has 2 aromatic rings. The number of rotatable bonds is 6. The van der Waals surface area contributed by atoms with Crippen molar-refractivity contribution in [2.75, 3.05) is 5.32 Å². The summed E-state index contributed by atoms with van der Waals surface area (Å²) in [5.74, 6) is -0.000184. The molecule has 1 aliphatic rings. The number of carbonyl (C=O) groups excluding carboxylic acids is 1. The first kappa shape index (κ1) is 15.1. The highest BCUT2D eigenvalue weighted by atomic mass is 16.2. The summed E-state index contributed by atoms with van der Waals surface area (Å²) < 4.78 is 0. The lowest BCUT2D eigenvalue weighted by atomic mass is 10.1. The van der Waals surface area contributed by atoms with Crippen LogP contribution in [0.5, 0.6) is 0 Å². The van der Waals surface area contributed by atoms with Crippen LogP contribution in [0.4, 0.5) is 5.69 Å². The Hall–Kier alpha value is -2.80. The summed E-state index contributed by atoms with van der Waals surface area (Å²) >= 11 is 0. The first-order valence-corrected chi connectivity index (χ1v) is 7.84. The SMILES string of the molecule is N#CCc1ccc(NC(C(=O)NC2CC2)c2ccccc2)cc1. The van der Waals surface area contributed by atoms with Gasteiger partial charge < -0.3 is 10.6 Å².